The van der Waals surface area contributed by atoms with Gasteiger partial charge in [-0.25, -0.2) is 4.98 Å². The van der Waals surface area contributed by atoms with Crippen molar-refractivity contribution in [1.82, 2.24) is 9.97 Å². The maximum atomic E-state index is 12.2. The third kappa shape index (κ3) is 3.99. The van der Waals surface area contributed by atoms with Crippen molar-refractivity contribution in [1.29, 1.82) is 0 Å². The molecule has 1 N–H and O–H groups in total. The Balaban J connectivity index is 0.00000208. The van der Waals surface area contributed by atoms with Crippen LogP contribution in [0.15, 0.2) is 41.6 Å². The van der Waals surface area contributed by atoms with Crippen molar-refractivity contribution in [3.63, 3.8) is 0 Å². The fourth-order valence-corrected chi connectivity index (χ4v) is 3.09. The second kappa shape index (κ2) is 7.85. The summed E-state index contributed by atoms with van der Waals surface area (Å²) in [6.45, 7) is 4.15. The van der Waals surface area contributed by atoms with Crippen molar-refractivity contribution in [2.45, 2.75) is 19.0 Å². The molecule has 0 fully saturated rings. The molecule has 0 unspecified atom stereocenters. The topological polar surface area (TPSA) is 55.0 Å². The van der Waals surface area contributed by atoms with Crippen LogP contribution >= 0.6 is 28.7 Å². The van der Waals surface area contributed by atoms with Gasteiger partial charge in [0.15, 0.2) is 10.9 Å². The SMILES string of the molecule is Br.COc1ccc(C(=O)CSc2nc3cc(C)c(C)cc3[nH]2)cc1. The lowest BCUT2D eigenvalue weighted by Gasteiger charge is -2.02. The minimum absolute atomic E-state index is 0. The summed E-state index contributed by atoms with van der Waals surface area (Å²) >= 11 is 1.42. The van der Waals surface area contributed by atoms with Gasteiger partial charge in [0.2, 0.25) is 0 Å². The first-order valence-corrected chi connectivity index (χ1v) is 8.32. The first-order valence-electron chi connectivity index (χ1n) is 7.34. The number of hydrogen-bond acceptors (Lipinski definition) is 4. The highest BCUT2D eigenvalue weighted by molar-refractivity contribution is 8.93. The van der Waals surface area contributed by atoms with Crippen LogP contribution in [0.4, 0.5) is 0 Å². The number of H-pyrrole nitrogens is 1. The molecule has 1 heterocycles. The number of hydrogen-bond donors (Lipinski definition) is 1. The van der Waals surface area contributed by atoms with Crippen molar-refractivity contribution in [3.8, 4) is 5.75 Å². The number of aryl methyl sites for hydroxylation is 2. The maximum absolute atomic E-state index is 12.2. The zero-order valence-corrected chi connectivity index (χ0v) is 16.3. The van der Waals surface area contributed by atoms with Gasteiger partial charge in [-0.15, -0.1) is 17.0 Å². The number of aromatic nitrogens is 2. The Morgan fingerprint density at radius 3 is 2.50 bits per heavy atom. The Kier molecular flexibility index (Phi) is 6.07. The monoisotopic (exact) mass is 406 g/mol. The number of nitrogens with one attached hydrogen (secondary N) is 1. The van der Waals surface area contributed by atoms with Crippen LogP contribution in [0.2, 0.25) is 0 Å². The number of aromatic amines is 1. The molecular formula is C18H19BrN2O2S. The maximum Gasteiger partial charge on any atom is 0.173 e. The fourth-order valence-electron chi connectivity index (χ4n) is 2.31. The fraction of sp³-hybridized carbons (Fsp3) is 0.222. The molecule has 0 bridgehead atoms. The number of methoxy groups -OCH3 is 1. The van der Waals surface area contributed by atoms with Gasteiger partial charge >= 0.3 is 0 Å². The van der Waals surface area contributed by atoms with Crippen molar-refractivity contribution < 1.29 is 9.53 Å². The summed E-state index contributed by atoms with van der Waals surface area (Å²) in [5.41, 5.74) is 5.07. The van der Waals surface area contributed by atoms with Crippen LogP contribution in [0.1, 0.15) is 21.5 Å². The summed E-state index contributed by atoms with van der Waals surface area (Å²) in [5.74, 6) is 1.17. The minimum atomic E-state index is 0. The van der Waals surface area contributed by atoms with Crippen LogP contribution in [0.25, 0.3) is 11.0 Å². The molecule has 0 atom stereocenters. The van der Waals surface area contributed by atoms with Gasteiger partial charge in [-0.05, 0) is 61.4 Å². The van der Waals surface area contributed by atoms with Crippen molar-refractivity contribution >= 4 is 45.6 Å². The van der Waals surface area contributed by atoms with Gasteiger partial charge in [0.25, 0.3) is 0 Å². The van der Waals surface area contributed by atoms with E-state index in [9.17, 15) is 4.79 Å². The number of carbonyl (C=O) groups excluding carboxylic acids is 1. The molecule has 6 heteroatoms. The van der Waals surface area contributed by atoms with Crippen LogP contribution in [0, 0.1) is 13.8 Å². The van der Waals surface area contributed by atoms with E-state index in [0.29, 0.717) is 11.3 Å². The van der Waals surface area contributed by atoms with E-state index in [1.807, 2.05) is 0 Å². The average molecular weight is 407 g/mol. The number of thioether (sulfide) groups is 1. The molecule has 4 nitrogen and oxygen atoms in total. The Labute approximate surface area is 155 Å². The van der Waals surface area contributed by atoms with E-state index in [4.69, 9.17) is 4.74 Å². The second-order valence-electron chi connectivity index (χ2n) is 5.44. The van der Waals surface area contributed by atoms with E-state index < -0.39 is 0 Å². The van der Waals surface area contributed by atoms with E-state index in [0.717, 1.165) is 21.9 Å². The Morgan fingerprint density at radius 2 is 1.83 bits per heavy atom. The predicted octanol–water partition coefficient (Wildman–Crippen LogP) is 4.74. The molecule has 3 rings (SSSR count). The molecule has 24 heavy (non-hydrogen) atoms. The van der Waals surface area contributed by atoms with Crippen LogP contribution in [-0.4, -0.2) is 28.6 Å². The summed E-state index contributed by atoms with van der Waals surface area (Å²) in [5, 5.41) is 0.770. The number of Topliss-reactive ketones (excluding diaryl/α,β-unsaturated/α-hetero) is 1. The van der Waals surface area contributed by atoms with Gasteiger partial charge in [-0.1, -0.05) is 11.8 Å². The number of ketones is 1. The molecule has 0 spiro atoms. The molecule has 3 aromatic rings. The van der Waals surface area contributed by atoms with Crippen LogP contribution in [-0.2, 0) is 0 Å². The smallest absolute Gasteiger partial charge is 0.173 e. The van der Waals surface area contributed by atoms with Crippen LogP contribution < -0.4 is 4.74 Å². The summed E-state index contributed by atoms with van der Waals surface area (Å²) < 4.78 is 5.10. The number of imidazole rings is 1. The number of halogens is 1. The first-order chi connectivity index (χ1) is 11.1. The first kappa shape index (κ1) is 18.5. The van der Waals surface area contributed by atoms with E-state index in [1.165, 1.54) is 22.9 Å². The predicted molar refractivity (Wildman–Crippen MR) is 104 cm³/mol. The van der Waals surface area contributed by atoms with Gasteiger partial charge < -0.3 is 9.72 Å². The Morgan fingerprint density at radius 1 is 1.17 bits per heavy atom. The zero-order valence-electron chi connectivity index (χ0n) is 13.8. The third-order valence-electron chi connectivity index (χ3n) is 3.83. The molecule has 0 saturated heterocycles. The van der Waals surface area contributed by atoms with Gasteiger partial charge in [0, 0.05) is 5.56 Å². The molecule has 0 aliphatic rings. The highest BCUT2D eigenvalue weighted by atomic mass is 79.9. The number of nitrogens with zero attached hydrogens (tertiary/aromatic N) is 1. The van der Waals surface area contributed by atoms with Crippen molar-refractivity contribution in [2.75, 3.05) is 12.9 Å². The number of ether oxygens (including phenoxy) is 1. The normalized spacial score (nSPS) is 10.5. The largest absolute Gasteiger partial charge is 0.497 e. The van der Waals surface area contributed by atoms with E-state index in [1.54, 1.807) is 31.4 Å². The van der Waals surface area contributed by atoms with Crippen LogP contribution in [0.5, 0.6) is 5.75 Å². The summed E-state index contributed by atoms with van der Waals surface area (Å²) in [6.07, 6.45) is 0. The van der Waals surface area contributed by atoms with Gasteiger partial charge in [0.05, 0.1) is 23.9 Å². The van der Waals surface area contributed by atoms with E-state index in [2.05, 4.69) is 35.9 Å². The van der Waals surface area contributed by atoms with Crippen LogP contribution in [0.3, 0.4) is 0 Å². The van der Waals surface area contributed by atoms with Crippen molar-refractivity contribution in [2.24, 2.45) is 0 Å². The quantitative estimate of drug-likeness (QED) is 0.490. The molecule has 126 valence electrons. The van der Waals surface area contributed by atoms with Gasteiger partial charge in [-0.3, -0.25) is 4.79 Å². The third-order valence-corrected chi connectivity index (χ3v) is 4.70. The molecule has 0 amide bonds. The van der Waals surface area contributed by atoms with E-state index in [-0.39, 0.29) is 22.8 Å². The number of rotatable bonds is 5. The number of benzene rings is 2. The molecule has 2 aromatic carbocycles. The van der Waals surface area contributed by atoms with Gasteiger partial charge in [-0.2, -0.15) is 0 Å². The molecule has 1 aromatic heterocycles. The Bertz CT molecular complexity index is 820. The summed E-state index contributed by atoms with van der Waals surface area (Å²) in [7, 11) is 1.61. The lowest BCUT2D eigenvalue weighted by Crippen LogP contribution is -2.02. The second-order valence-corrected chi connectivity index (χ2v) is 6.40. The zero-order chi connectivity index (χ0) is 16.4. The molecular weight excluding hydrogens is 388 g/mol. The highest BCUT2D eigenvalue weighted by Gasteiger charge is 2.10. The standard InChI is InChI=1S/C18H18N2O2S.BrH/c1-11-8-15-16(9-12(11)2)20-18(19-15)23-10-17(21)13-4-6-14(22-3)7-5-13;/h4-9H,10H2,1-3H3,(H,19,20);1H. The lowest BCUT2D eigenvalue weighted by atomic mass is 10.1. The lowest BCUT2D eigenvalue weighted by molar-refractivity contribution is 0.102. The molecule has 0 saturated carbocycles. The number of carbonyl (C=O) groups is 1. The van der Waals surface area contributed by atoms with Crippen molar-refractivity contribution in [3.05, 3.63) is 53.1 Å². The highest BCUT2D eigenvalue weighted by Crippen LogP contribution is 2.23. The average Bonchev–Trinajstić information content (AvgIpc) is 2.95. The Hall–Kier alpha value is -1.79. The molecule has 0 aliphatic carbocycles. The van der Waals surface area contributed by atoms with Gasteiger partial charge in [0.1, 0.15) is 5.75 Å². The number of fused-ring (bicyclic) bond motifs is 1. The molecule has 0 aliphatic heterocycles. The van der Waals surface area contributed by atoms with E-state index >= 15 is 0 Å². The minimum Gasteiger partial charge on any atom is -0.497 e. The summed E-state index contributed by atoms with van der Waals surface area (Å²) in [4.78, 5) is 20.0. The summed E-state index contributed by atoms with van der Waals surface area (Å²) in [6, 6.07) is 11.3. The molecule has 0 radical (unpaired) electrons.